The molecule has 1 heterocycles. The molecule has 6 aromatic rings. The van der Waals surface area contributed by atoms with Crippen molar-refractivity contribution in [2.45, 2.75) is 31.0 Å². The standard InChI is InChI=1S/C39H36ClFN4O6S/c1-49-31-13-8-26(9-14-31)23-44(24-27-10-15-32(50-2)16-11-27)52(47,48)38-20-30(43-39(46)18-28-6-4-5-7-35(28)40)19-37-34(38)22-42-45(37)25-29-12-17-33(51-3)21-36(29)41/h4-17,19-22H,18,23-25H2,1-3H3,(H,43,46). The predicted octanol–water partition coefficient (Wildman–Crippen LogP) is 7.48. The lowest BCUT2D eigenvalue weighted by molar-refractivity contribution is -0.115. The number of sulfonamides is 1. The smallest absolute Gasteiger partial charge is 0.244 e. The SMILES string of the molecule is COc1ccc(CN(Cc2ccc(OC)cc2)S(=O)(=O)c2cc(NC(=O)Cc3ccccc3Cl)cc3c2cnn3Cc2ccc(OC)cc2F)cc1. The number of halogens is 2. The zero-order valence-corrected chi connectivity index (χ0v) is 30.2. The van der Waals surface area contributed by atoms with E-state index in [9.17, 15) is 13.2 Å². The number of hydrogen-bond donors (Lipinski definition) is 1. The molecule has 0 saturated heterocycles. The number of aromatic nitrogens is 2. The summed E-state index contributed by atoms with van der Waals surface area (Å²) in [5.41, 5.74) is 2.96. The van der Waals surface area contributed by atoms with Gasteiger partial charge in [0, 0.05) is 40.8 Å². The van der Waals surface area contributed by atoms with Gasteiger partial charge in [-0.15, -0.1) is 0 Å². The summed E-state index contributed by atoms with van der Waals surface area (Å²) in [4.78, 5) is 13.3. The first kappa shape index (κ1) is 36.4. The van der Waals surface area contributed by atoms with Crippen molar-refractivity contribution in [3.63, 3.8) is 0 Å². The number of carbonyl (C=O) groups is 1. The Labute approximate surface area is 306 Å². The molecule has 0 fully saturated rings. The summed E-state index contributed by atoms with van der Waals surface area (Å²) >= 11 is 6.32. The van der Waals surface area contributed by atoms with E-state index in [2.05, 4.69) is 10.4 Å². The monoisotopic (exact) mass is 742 g/mol. The number of methoxy groups -OCH3 is 3. The van der Waals surface area contributed by atoms with Gasteiger partial charge in [-0.3, -0.25) is 9.48 Å². The molecule has 268 valence electrons. The summed E-state index contributed by atoms with van der Waals surface area (Å²) in [6.45, 7) is 0.0273. The number of amides is 1. The molecule has 1 amide bonds. The minimum Gasteiger partial charge on any atom is -0.497 e. The van der Waals surface area contributed by atoms with Crippen LogP contribution in [0.1, 0.15) is 22.3 Å². The van der Waals surface area contributed by atoms with Crippen LogP contribution in [0.25, 0.3) is 10.9 Å². The molecule has 1 aromatic heterocycles. The van der Waals surface area contributed by atoms with Crippen LogP contribution in [0, 0.1) is 5.82 Å². The van der Waals surface area contributed by atoms with E-state index in [1.54, 1.807) is 105 Å². The summed E-state index contributed by atoms with van der Waals surface area (Å²) < 4.78 is 63.5. The molecule has 0 aliphatic rings. The van der Waals surface area contributed by atoms with Crippen LogP contribution in [0.3, 0.4) is 0 Å². The Balaban J connectivity index is 1.44. The van der Waals surface area contributed by atoms with Gasteiger partial charge in [0.25, 0.3) is 0 Å². The number of carbonyl (C=O) groups excluding carboxylic acids is 1. The largest absolute Gasteiger partial charge is 0.497 e. The van der Waals surface area contributed by atoms with Gasteiger partial charge in [0.1, 0.15) is 23.1 Å². The van der Waals surface area contributed by atoms with Crippen molar-refractivity contribution in [2.24, 2.45) is 0 Å². The molecule has 1 N–H and O–H groups in total. The lowest BCUT2D eigenvalue weighted by Crippen LogP contribution is -2.30. The highest BCUT2D eigenvalue weighted by Gasteiger charge is 2.29. The summed E-state index contributed by atoms with van der Waals surface area (Å²) in [6.07, 6.45) is 1.40. The van der Waals surface area contributed by atoms with Gasteiger partial charge in [-0.1, -0.05) is 60.1 Å². The van der Waals surface area contributed by atoms with E-state index in [0.29, 0.717) is 44.3 Å². The van der Waals surface area contributed by atoms with E-state index < -0.39 is 21.7 Å². The Morgan fingerprint density at radius 3 is 1.98 bits per heavy atom. The van der Waals surface area contributed by atoms with Crippen LogP contribution < -0.4 is 19.5 Å². The second-order valence-electron chi connectivity index (χ2n) is 12.0. The van der Waals surface area contributed by atoms with Crippen molar-refractivity contribution >= 4 is 44.1 Å². The molecule has 0 atom stereocenters. The van der Waals surface area contributed by atoms with Crippen molar-refractivity contribution in [1.82, 2.24) is 14.1 Å². The normalized spacial score (nSPS) is 11.5. The molecule has 0 aliphatic heterocycles. The highest BCUT2D eigenvalue weighted by atomic mass is 35.5. The third-order valence-electron chi connectivity index (χ3n) is 8.55. The van der Waals surface area contributed by atoms with Gasteiger partial charge in [-0.05, 0) is 65.2 Å². The summed E-state index contributed by atoms with van der Waals surface area (Å²) in [5, 5.41) is 8.08. The van der Waals surface area contributed by atoms with Crippen molar-refractivity contribution in [1.29, 1.82) is 0 Å². The zero-order valence-electron chi connectivity index (χ0n) is 28.7. The maximum absolute atomic E-state index is 15.1. The van der Waals surface area contributed by atoms with Crippen molar-refractivity contribution in [3.8, 4) is 17.2 Å². The number of fused-ring (bicyclic) bond motifs is 1. The van der Waals surface area contributed by atoms with E-state index in [4.69, 9.17) is 25.8 Å². The first-order chi connectivity index (χ1) is 25.1. The van der Waals surface area contributed by atoms with Crippen molar-refractivity contribution in [2.75, 3.05) is 26.6 Å². The summed E-state index contributed by atoms with van der Waals surface area (Å²) in [6, 6.07) is 28.8. The lowest BCUT2D eigenvalue weighted by atomic mass is 10.1. The quantitative estimate of drug-likeness (QED) is 0.123. The molecule has 10 nitrogen and oxygen atoms in total. The molecular weight excluding hydrogens is 707 g/mol. The molecule has 13 heteroatoms. The van der Waals surface area contributed by atoms with Crippen LogP contribution in [0.4, 0.5) is 10.1 Å². The number of nitrogens with zero attached hydrogens (tertiary/aromatic N) is 3. The van der Waals surface area contributed by atoms with Crippen LogP contribution in [0.5, 0.6) is 17.2 Å². The van der Waals surface area contributed by atoms with Gasteiger partial charge < -0.3 is 19.5 Å². The van der Waals surface area contributed by atoms with Gasteiger partial charge >= 0.3 is 0 Å². The van der Waals surface area contributed by atoms with Gasteiger partial charge in [0.2, 0.25) is 15.9 Å². The van der Waals surface area contributed by atoms with Gasteiger partial charge in [-0.2, -0.15) is 9.40 Å². The molecule has 0 spiro atoms. The Morgan fingerprint density at radius 2 is 1.40 bits per heavy atom. The van der Waals surface area contributed by atoms with E-state index in [1.807, 2.05) is 0 Å². The third kappa shape index (κ3) is 8.20. The summed E-state index contributed by atoms with van der Waals surface area (Å²) in [7, 11) is 0.268. The van der Waals surface area contributed by atoms with Gasteiger partial charge in [-0.25, -0.2) is 12.8 Å². The second kappa shape index (κ2) is 15.9. The lowest BCUT2D eigenvalue weighted by Gasteiger charge is -2.24. The molecular formula is C39H36ClFN4O6S. The maximum atomic E-state index is 15.1. The number of benzene rings is 5. The molecule has 0 aliphatic carbocycles. The number of rotatable bonds is 14. The Hall–Kier alpha value is -5.43. The first-order valence-electron chi connectivity index (χ1n) is 16.2. The summed E-state index contributed by atoms with van der Waals surface area (Å²) in [5.74, 6) is 0.714. The molecule has 0 radical (unpaired) electrons. The fourth-order valence-corrected chi connectivity index (χ4v) is 7.58. The fraction of sp³-hybridized carbons (Fsp3) is 0.179. The highest BCUT2D eigenvalue weighted by Crippen LogP contribution is 2.33. The molecule has 5 aromatic carbocycles. The number of anilines is 1. The minimum absolute atomic E-state index is 0.0166. The van der Waals surface area contributed by atoms with Gasteiger partial charge in [0.05, 0.1) is 50.9 Å². The Bertz CT molecular complexity index is 2270. The predicted molar refractivity (Wildman–Crippen MR) is 198 cm³/mol. The van der Waals surface area contributed by atoms with Crippen LogP contribution in [0.15, 0.2) is 114 Å². The van der Waals surface area contributed by atoms with Crippen LogP contribution in [0.2, 0.25) is 5.02 Å². The maximum Gasteiger partial charge on any atom is 0.244 e. The Morgan fingerprint density at radius 1 is 0.808 bits per heavy atom. The van der Waals surface area contributed by atoms with E-state index in [-0.39, 0.29) is 36.6 Å². The van der Waals surface area contributed by atoms with Crippen LogP contribution >= 0.6 is 11.6 Å². The first-order valence-corrected chi connectivity index (χ1v) is 18.0. The van der Waals surface area contributed by atoms with E-state index >= 15 is 4.39 Å². The highest BCUT2D eigenvalue weighted by molar-refractivity contribution is 7.89. The second-order valence-corrected chi connectivity index (χ2v) is 14.3. The average molecular weight is 743 g/mol. The van der Waals surface area contributed by atoms with Crippen LogP contribution in [-0.2, 0) is 40.9 Å². The topological polar surface area (TPSA) is 112 Å². The molecule has 6 rings (SSSR count). The van der Waals surface area contributed by atoms with E-state index in [1.165, 1.54) is 34.4 Å². The van der Waals surface area contributed by atoms with Crippen molar-refractivity contribution in [3.05, 3.63) is 142 Å². The molecule has 52 heavy (non-hydrogen) atoms. The zero-order chi connectivity index (χ0) is 36.8. The van der Waals surface area contributed by atoms with E-state index in [0.717, 1.165) is 11.1 Å². The number of hydrogen-bond acceptors (Lipinski definition) is 7. The average Bonchev–Trinajstić information content (AvgIpc) is 3.55. The number of nitrogens with one attached hydrogen (secondary N) is 1. The molecule has 0 bridgehead atoms. The molecule has 0 saturated carbocycles. The Kier molecular flexibility index (Phi) is 11.1. The molecule has 0 unspecified atom stereocenters. The van der Waals surface area contributed by atoms with Gasteiger partial charge in [0.15, 0.2) is 0 Å². The van der Waals surface area contributed by atoms with Crippen molar-refractivity contribution < 1.29 is 31.8 Å². The number of ether oxygens (including phenoxy) is 3. The fourth-order valence-electron chi connectivity index (χ4n) is 5.76. The van der Waals surface area contributed by atoms with Crippen LogP contribution in [-0.4, -0.2) is 49.7 Å². The third-order valence-corrected chi connectivity index (χ3v) is 10.8. The minimum atomic E-state index is -4.30.